The standard InChI is InChI=1S/C30H39F4N3O8S/c1-29(28(40)41)9-7-19(8-10-29)45-23-13-20(22(44-2)14-21(23)31)26(38)36-25-17-6-5-16(12-17)24(25)27(39)35-18-4-3-11-37(15-18)46(42,43)30(32,33)34/h13-14,16-19,24-25H,3-12,15H2,1-2H3,(H,35,39)(H,36,38)(H,40,41)/t16-,17+,18-,19-,24+,25-,29+/m1/s1. The number of alkyl halides is 3. The molecule has 5 rings (SSSR count). The van der Waals surface area contributed by atoms with Crippen molar-refractivity contribution in [2.75, 3.05) is 20.2 Å². The third-order valence-electron chi connectivity index (χ3n) is 10.2. The molecule has 1 aliphatic heterocycles. The Morgan fingerprint density at radius 2 is 1.70 bits per heavy atom. The monoisotopic (exact) mass is 677 g/mol. The van der Waals surface area contributed by atoms with E-state index in [2.05, 4.69) is 10.6 Å². The van der Waals surface area contributed by atoms with Crippen molar-refractivity contribution in [3.8, 4) is 11.5 Å². The van der Waals surface area contributed by atoms with Gasteiger partial charge in [0.05, 0.1) is 30.1 Å². The summed E-state index contributed by atoms with van der Waals surface area (Å²) in [5, 5.41) is 15.1. The van der Waals surface area contributed by atoms with Crippen LogP contribution in [-0.2, 0) is 19.6 Å². The van der Waals surface area contributed by atoms with Crippen LogP contribution in [0.4, 0.5) is 17.6 Å². The zero-order valence-electron chi connectivity index (χ0n) is 25.6. The maximum Gasteiger partial charge on any atom is 0.511 e. The van der Waals surface area contributed by atoms with Crippen LogP contribution >= 0.6 is 0 Å². The van der Waals surface area contributed by atoms with Gasteiger partial charge in [-0.2, -0.15) is 17.5 Å². The summed E-state index contributed by atoms with van der Waals surface area (Å²) in [6, 6.07) is 0.826. The van der Waals surface area contributed by atoms with Gasteiger partial charge in [0.25, 0.3) is 5.91 Å². The number of carbonyl (C=O) groups is 3. The molecule has 4 fully saturated rings. The van der Waals surface area contributed by atoms with Gasteiger partial charge in [0, 0.05) is 31.2 Å². The van der Waals surface area contributed by atoms with Crippen molar-refractivity contribution in [1.29, 1.82) is 0 Å². The minimum absolute atomic E-state index is 0.0210. The molecule has 2 amide bonds. The van der Waals surface area contributed by atoms with Gasteiger partial charge >= 0.3 is 21.5 Å². The number of nitrogens with one attached hydrogen (secondary N) is 2. The summed E-state index contributed by atoms with van der Waals surface area (Å²) in [5.41, 5.74) is -6.35. The largest absolute Gasteiger partial charge is 0.511 e. The molecule has 11 nitrogen and oxygen atoms in total. The second-order valence-electron chi connectivity index (χ2n) is 13.2. The van der Waals surface area contributed by atoms with Crippen LogP contribution in [-0.4, -0.2) is 79.5 Å². The Labute approximate surface area is 264 Å². The number of hydrogen-bond acceptors (Lipinski definition) is 7. The van der Waals surface area contributed by atoms with Gasteiger partial charge in [-0.25, -0.2) is 12.8 Å². The second kappa shape index (κ2) is 12.8. The fraction of sp³-hybridized carbons (Fsp3) is 0.700. The minimum atomic E-state index is -5.53. The maximum absolute atomic E-state index is 15.0. The van der Waals surface area contributed by atoms with E-state index < -0.39 is 75.2 Å². The second-order valence-corrected chi connectivity index (χ2v) is 15.1. The van der Waals surface area contributed by atoms with Crippen LogP contribution in [0.2, 0.25) is 0 Å². The third kappa shape index (κ3) is 6.64. The van der Waals surface area contributed by atoms with E-state index in [1.165, 1.54) is 13.2 Å². The van der Waals surface area contributed by atoms with E-state index in [0.717, 1.165) is 18.9 Å². The van der Waals surface area contributed by atoms with E-state index in [1.807, 2.05) is 0 Å². The van der Waals surface area contributed by atoms with E-state index in [-0.39, 0.29) is 41.9 Å². The van der Waals surface area contributed by atoms with Crippen LogP contribution in [0.15, 0.2) is 12.1 Å². The van der Waals surface area contributed by atoms with Crippen LogP contribution < -0.4 is 20.1 Å². The predicted molar refractivity (Wildman–Crippen MR) is 155 cm³/mol. The summed E-state index contributed by atoms with van der Waals surface area (Å²) < 4.78 is 89.8. The van der Waals surface area contributed by atoms with E-state index in [0.29, 0.717) is 42.8 Å². The van der Waals surface area contributed by atoms with Crippen molar-refractivity contribution in [1.82, 2.24) is 14.9 Å². The average molecular weight is 678 g/mol. The molecular weight excluding hydrogens is 638 g/mol. The van der Waals surface area contributed by atoms with Gasteiger partial charge in [-0.1, -0.05) is 0 Å². The normalized spacial score (nSPS) is 31.7. The molecule has 1 aromatic rings. The molecule has 4 aliphatic rings. The highest BCUT2D eigenvalue weighted by atomic mass is 32.2. The highest BCUT2D eigenvalue weighted by molar-refractivity contribution is 7.90. The molecule has 0 aromatic heterocycles. The van der Waals surface area contributed by atoms with Gasteiger partial charge in [-0.3, -0.25) is 14.4 Å². The van der Waals surface area contributed by atoms with E-state index in [9.17, 15) is 41.1 Å². The van der Waals surface area contributed by atoms with Gasteiger partial charge in [-0.15, -0.1) is 0 Å². The number of amides is 2. The minimum Gasteiger partial charge on any atom is -0.496 e. The fourth-order valence-corrected chi connectivity index (χ4v) is 8.58. The van der Waals surface area contributed by atoms with Gasteiger partial charge < -0.3 is 25.2 Å². The number of sulfonamides is 1. The molecular formula is C30H39F4N3O8S. The van der Waals surface area contributed by atoms with Crippen molar-refractivity contribution < 1.29 is 54.9 Å². The van der Waals surface area contributed by atoms with Gasteiger partial charge in [-0.05, 0) is 82.6 Å². The quantitative estimate of drug-likeness (QED) is 0.334. The first-order valence-corrected chi connectivity index (χ1v) is 16.9. The number of aliphatic carboxylic acids is 1. The molecule has 0 spiro atoms. The number of carbonyl (C=O) groups excluding carboxylic acids is 2. The van der Waals surface area contributed by atoms with Crippen molar-refractivity contribution in [2.24, 2.45) is 23.2 Å². The number of fused-ring (bicyclic) bond motifs is 2. The zero-order chi connectivity index (χ0) is 33.6. The number of carboxylic acid groups (broad SMARTS) is 1. The number of nitrogens with zero attached hydrogens (tertiary/aromatic N) is 1. The Balaban J connectivity index is 1.28. The first kappa shape index (κ1) is 34.2. The lowest BCUT2D eigenvalue weighted by atomic mass is 9.75. The van der Waals surface area contributed by atoms with Gasteiger partial charge in [0.1, 0.15) is 5.75 Å². The van der Waals surface area contributed by atoms with E-state index in [4.69, 9.17) is 9.47 Å². The van der Waals surface area contributed by atoms with Crippen LogP contribution in [0, 0.1) is 29.0 Å². The van der Waals surface area contributed by atoms with E-state index >= 15 is 4.39 Å². The molecule has 1 saturated heterocycles. The number of ether oxygens (including phenoxy) is 2. The maximum atomic E-state index is 15.0. The topological polar surface area (TPSA) is 151 Å². The Kier molecular flexibility index (Phi) is 9.53. The molecule has 3 N–H and O–H groups in total. The summed E-state index contributed by atoms with van der Waals surface area (Å²) >= 11 is 0. The molecule has 256 valence electrons. The number of rotatable bonds is 9. The summed E-state index contributed by atoms with van der Waals surface area (Å²) in [4.78, 5) is 38.7. The van der Waals surface area contributed by atoms with Crippen LogP contribution in [0.3, 0.4) is 0 Å². The molecule has 3 aliphatic carbocycles. The van der Waals surface area contributed by atoms with Crippen LogP contribution in [0.25, 0.3) is 0 Å². The molecule has 3 saturated carbocycles. The number of hydrogen-bond donors (Lipinski definition) is 3. The first-order valence-electron chi connectivity index (χ1n) is 15.5. The smallest absolute Gasteiger partial charge is 0.496 e. The Morgan fingerprint density at radius 1 is 1.02 bits per heavy atom. The molecule has 1 heterocycles. The summed E-state index contributed by atoms with van der Waals surface area (Å²) in [6.45, 7) is 0.861. The van der Waals surface area contributed by atoms with Gasteiger partial charge in [0.15, 0.2) is 11.6 Å². The molecule has 5 atom stereocenters. The summed E-state index contributed by atoms with van der Waals surface area (Å²) in [6.07, 6.45) is 3.62. The number of methoxy groups -OCH3 is 1. The number of piperidine rings is 1. The van der Waals surface area contributed by atoms with Gasteiger partial charge in [0.2, 0.25) is 5.91 Å². The van der Waals surface area contributed by atoms with Crippen LogP contribution in [0.1, 0.15) is 75.1 Å². The Hall–Kier alpha value is -3.14. The molecule has 16 heteroatoms. The average Bonchev–Trinajstić information content (AvgIpc) is 3.60. The van der Waals surface area contributed by atoms with Crippen molar-refractivity contribution in [3.63, 3.8) is 0 Å². The lowest BCUT2D eigenvalue weighted by molar-refractivity contribution is -0.150. The summed E-state index contributed by atoms with van der Waals surface area (Å²) in [5.74, 6) is -3.79. The van der Waals surface area contributed by atoms with Crippen molar-refractivity contribution in [2.45, 2.75) is 88.4 Å². The Bertz CT molecular complexity index is 1460. The zero-order valence-corrected chi connectivity index (χ0v) is 26.4. The molecule has 0 radical (unpaired) electrons. The number of benzene rings is 1. The van der Waals surface area contributed by atoms with E-state index in [1.54, 1.807) is 6.92 Å². The number of carboxylic acids is 1. The first-order chi connectivity index (χ1) is 21.5. The molecule has 2 bridgehead atoms. The lowest BCUT2D eigenvalue weighted by Gasteiger charge is -2.35. The fourth-order valence-electron chi connectivity index (χ4n) is 7.54. The highest BCUT2D eigenvalue weighted by Gasteiger charge is 2.53. The molecule has 0 unspecified atom stereocenters. The third-order valence-corrected chi connectivity index (χ3v) is 11.8. The van der Waals surface area contributed by atoms with Crippen molar-refractivity contribution in [3.05, 3.63) is 23.5 Å². The lowest BCUT2D eigenvalue weighted by Crippen LogP contribution is -2.56. The molecule has 46 heavy (non-hydrogen) atoms. The van der Waals surface area contributed by atoms with Crippen molar-refractivity contribution >= 4 is 27.8 Å². The highest BCUT2D eigenvalue weighted by Crippen LogP contribution is 2.49. The predicted octanol–water partition coefficient (Wildman–Crippen LogP) is 3.82. The number of halogens is 4. The SMILES string of the molecule is COc1cc(F)c(O[C@H]2CC[C@@](C)(C(=O)O)CC2)cc1C(=O)N[C@@H]1[C@H]2CC[C@H](C2)[C@@H]1C(=O)N[C@@H]1CCCN(S(=O)(=O)C(F)(F)F)C1. The van der Waals surface area contributed by atoms with Crippen LogP contribution in [0.5, 0.6) is 11.5 Å². The Morgan fingerprint density at radius 3 is 2.33 bits per heavy atom. The molecule has 1 aromatic carbocycles. The summed E-state index contributed by atoms with van der Waals surface area (Å²) in [7, 11) is -4.25.